The Morgan fingerprint density at radius 1 is 1.03 bits per heavy atom. The highest BCUT2D eigenvalue weighted by atomic mass is 19.4. The molecule has 0 spiro atoms. The van der Waals surface area contributed by atoms with E-state index < -0.39 is 29.7 Å². The van der Waals surface area contributed by atoms with Crippen molar-refractivity contribution in [2.75, 3.05) is 0 Å². The molecular formula is C25H28F5NO3. The van der Waals surface area contributed by atoms with Crippen molar-refractivity contribution in [3.05, 3.63) is 59.2 Å². The van der Waals surface area contributed by atoms with Crippen LogP contribution in [0.3, 0.4) is 0 Å². The second-order valence-electron chi connectivity index (χ2n) is 9.31. The van der Waals surface area contributed by atoms with Gasteiger partial charge in [0, 0.05) is 11.1 Å². The number of amides is 1. The summed E-state index contributed by atoms with van der Waals surface area (Å²) in [6.45, 7) is 4.57. The van der Waals surface area contributed by atoms with Gasteiger partial charge in [-0.15, -0.1) is 0 Å². The molecule has 0 aromatic heterocycles. The third kappa shape index (κ3) is 7.81. The molecule has 186 valence electrons. The normalized spacial score (nSPS) is 15.9. The van der Waals surface area contributed by atoms with Crippen LogP contribution >= 0.6 is 0 Å². The highest BCUT2D eigenvalue weighted by molar-refractivity contribution is 5.94. The van der Waals surface area contributed by atoms with Gasteiger partial charge in [-0.3, -0.25) is 4.79 Å². The Bertz CT molecular complexity index is 1000. The Balaban J connectivity index is 0.000000509. The van der Waals surface area contributed by atoms with Crippen LogP contribution in [-0.2, 0) is 11.2 Å². The number of primary amides is 1. The van der Waals surface area contributed by atoms with Crippen molar-refractivity contribution in [3.63, 3.8) is 0 Å². The van der Waals surface area contributed by atoms with Crippen LogP contribution in [0.2, 0.25) is 0 Å². The lowest BCUT2D eigenvalue weighted by molar-refractivity contribution is -0.192. The second kappa shape index (κ2) is 11.0. The van der Waals surface area contributed by atoms with Crippen molar-refractivity contribution in [1.82, 2.24) is 0 Å². The number of aliphatic carboxylic acids is 1. The lowest BCUT2D eigenvalue weighted by Gasteiger charge is -2.34. The fourth-order valence-electron chi connectivity index (χ4n) is 3.96. The molecule has 1 saturated carbocycles. The lowest BCUT2D eigenvalue weighted by atomic mass is 9.72. The topological polar surface area (TPSA) is 80.4 Å². The summed E-state index contributed by atoms with van der Waals surface area (Å²) in [6.07, 6.45) is 0.781. The van der Waals surface area contributed by atoms with Crippen LogP contribution in [-0.4, -0.2) is 23.2 Å². The quantitative estimate of drug-likeness (QED) is 0.474. The van der Waals surface area contributed by atoms with Gasteiger partial charge in [0.1, 0.15) is 11.6 Å². The van der Waals surface area contributed by atoms with Gasteiger partial charge >= 0.3 is 12.1 Å². The smallest absolute Gasteiger partial charge is 0.475 e. The molecule has 1 aliphatic rings. The molecule has 3 N–H and O–H groups in total. The van der Waals surface area contributed by atoms with Gasteiger partial charge in [0.15, 0.2) is 0 Å². The predicted octanol–water partition coefficient (Wildman–Crippen LogP) is 6.51. The molecule has 1 fully saturated rings. The number of rotatable bonds is 5. The Labute approximate surface area is 195 Å². The molecule has 0 atom stereocenters. The minimum atomic E-state index is -5.08. The van der Waals surface area contributed by atoms with E-state index in [0.717, 1.165) is 19.3 Å². The average molecular weight is 485 g/mol. The molecular weight excluding hydrogens is 457 g/mol. The first-order chi connectivity index (χ1) is 15.7. The molecule has 1 amide bonds. The number of hydrogen-bond donors (Lipinski definition) is 2. The predicted molar refractivity (Wildman–Crippen MR) is 118 cm³/mol. The summed E-state index contributed by atoms with van der Waals surface area (Å²) in [4.78, 5) is 20.2. The van der Waals surface area contributed by atoms with Gasteiger partial charge in [-0.2, -0.15) is 13.2 Å². The van der Waals surface area contributed by atoms with E-state index in [9.17, 15) is 26.7 Å². The molecule has 3 rings (SSSR count). The van der Waals surface area contributed by atoms with Crippen LogP contribution in [0.1, 0.15) is 61.9 Å². The number of alkyl halides is 3. The Morgan fingerprint density at radius 2 is 1.56 bits per heavy atom. The van der Waals surface area contributed by atoms with E-state index in [2.05, 4.69) is 13.8 Å². The summed E-state index contributed by atoms with van der Waals surface area (Å²) in [5, 5.41) is 7.12. The number of benzene rings is 2. The summed E-state index contributed by atoms with van der Waals surface area (Å²) < 4.78 is 60.9. The van der Waals surface area contributed by atoms with Crippen molar-refractivity contribution >= 4 is 11.9 Å². The van der Waals surface area contributed by atoms with Crippen LogP contribution in [0.5, 0.6) is 0 Å². The van der Waals surface area contributed by atoms with Crippen LogP contribution < -0.4 is 5.73 Å². The van der Waals surface area contributed by atoms with Gasteiger partial charge in [0.2, 0.25) is 5.91 Å². The van der Waals surface area contributed by atoms with Gasteiger partial charge < -0.3 is 10.8 Å². The van der Waals surface area contributed by atoms with Crippen LogP contribution in [0, 0.1) is 23.0 Å². The fraction of sp³-hybridized carbons (Fsp3) is 0.440. The van der Waals surface area contributed by atoms with E-state index in [1.54, 1.807) is 24.3 Å². The molecule has 2 aromatic carbocycles. The van der Waals surface area contributed by atoms with Crippen molar-refractivity contribution in [1.29, 1.82) is 0 Å². The zero-order valence-electron chi connectivity index (χ0n) is 19.0. The van der Waals surface area contributed by atoms with Crippen LogP contribution in [0.15, 0.2) is 36.4 Å². The maximum absolute atomic E-state index is 14.6. The standard InChI is InChI=1S/C23H27F2NO.C2HF3O2/c1-23(2)10-8-15(9-11-23)6-7-19-20(24)13-18(14-21(19)25)16-4-3-5-17(12-16)22(26)27;3-2(4,5)1(6)7/h3-5,12-15H,6-11H2,1-2H3,(H2,26,27);(H,6,7). The summed E-state index contributed by atoms with van der Waals surface area (Å²) in [5.41, 5.74) is 7.15. The van der Waals surface area contributed by atoms with Crippen molar-refractivity contribution in [2.24, 2.45) is 17.1 Å². The number of nitrogens with two attached hydrogens (primary N) is 1. The molecule has 0 bridgehead atoms. The van der Waals surface area contributed by atoms with E-state index in [1.165, 1.54) is 25.0 Å². The molecule has 4 nitrogen and oxygen atoms in total. The average Bonchev–Trinajstić information content (AvgIpc) is 2.74. The van der Waals surface area contributed by atoms with Gasteiger partial charge in [-0.1, -0.05) is 26.0 Å². The van der Waals surface area contributed by atoms with Gasteiger partial charge in [-0.25, -0.2) is 13.6 Å². The van der Waals surface area contributed by atoms with Crippen molar-refractivity contribution in [3.8, 4) is 11.1 Å². The fourth-order valence-corrected chi connectivity index (χ4v) is 3.96. The molecule has 0 aliphatic heterocycles. The van der Waals surface area contributed by atoms with Gasteiger partial charge in [0.05, 0.1) is 0 Å². The number of carbonyl (C=O) groups excluding carboxylic acids is 1. The number of halogens is 5. The molecule has 0 unspecified atom stereocenters. The maximum Gasteiger partial charge on any atom is 0.490 e. The number of carbonyl (C=O) groups is 2. The first kappa shape index (κ1) is 27.3. The minimum Gasteiger partial charge on any atom is -0.475 e. The summed E-state index contributed by atoms with van der Waals surface area (Å²) in [6, 6.07) is 9.21. The Hall–Kier alpha value is -2.97. The van der Waals surface area contributed by atoms with E-state index in [0.29, 0.717) is 34.4 Å². The maximum atomic E-state index is 14.6. The van der Waals surface area contributed by atoms with E-state index in [1.807, 2.05) is 0 Å². The summed E-state index contributed by atoms with van der Waals surface area (Å²) in [7, 11) is 0. The van der Waals surface area contributed by atoms with Crippen LogP contribution in [0.4, 0.5) is 22.0 Å². The Kier molecular flexibility index (Phi) is 8.80. The van der Waals surface area contributed by atoms with Gasteiger partial charge in [0.25, 0.3) is 0 Å². The van der Waals surface area contributed by atoms with Gasteiger partial charge in [-0.05, 0) is 85.3 Å². The molecule has 0 heterocycles. The zero-order chi connectivity index (χ0) is 25.7. The first-order valence-corrected chi connectivity index (χ1v) is 10.9. The lowest BCUT2D eigenvalue weighted by Crippen LogP contribution is -2.21. The SMILES string of the molecule is CC1(C)CCC(CCc2c(F)cc(-c3cccc(C(N)=O)c3)cc2F)CC1.O=C(O)C(F)(F)F. The molecule has 34 heavy (non-hydrogen) atoms. The monoisotopic (exact) mass is 485 g/mol. The number of hydrogen-bond acceptors (Lipinski definition) is 2. The van der Waals surface area contributed by atoms with Crippen molar-refractivity contribution in [2.45, 2.75) is 58.5 Å². The zero-order valence-corrected chi connectivity index (χ0v) is 19.0. The third-order valence-corrected chi connectivity index (χ3v) is 6.13. The molecule has 2 aromatic rings. The second-order valence-corrected chi connectivity index (χ2v) is 9.31. The number of carboxylic acid groups (broad SMARTS) is 1. The Morgan fingerprint density at radius 3 is 2.03 bits per heavy atom. The molecule has 0 radical (unpaired) electrons. The number of carboxylic acids is 1. The summed E-state index contributed by atoms with van der Waals surface area (Å²) >= 11 is 0. The molecule has 9 heteroatoms. The minimum absolute atomic E-state index is 0.162. The van der Waals surface area contributed by atoms with E-state index >= 15 is 0 Å². The van der Waals surface area contributed by atoms with E-state index in [-0.39, 0.29) is 5.56 Å². The summed E-state index contributed by atoms with van der Waals surface area (Å²) in [5.74, 6) is -3.82. The van der Waals surface area contributed by atoms with E-state index in [4.69, 9.17) is 15.6 Å². The highest BCUT2D eigenvalue weighted by Gasteiger charge is 2.38. The van der Waals surface area contributed by atoms with Crippen LogP contribution in [0.25, 0.3) is 11.1 Å². The van der Waals surface area contributed by atoms with Crippen molar-refractivity contribution < 1.29 is 36.6 Å². The molecule has 1 aliphatic carbocycles. The highest BCUT2D eigenvalue weighted by Crippen LogP contribution is 2.39. The third-order valence-electron chi connectivity index (χ3n) is 6.13. The largest absolute Gasteiger partial charge is 0.490 e. The molecule has 0 saturated heterocycles. The first-order valence-electron chi connectivity index (χ1n) is 10.9.